The SMILES string of the molecule is C=O.O.[Fe].[Mo]. The van der Waals surface area contributed by atoms with Crippen molar-refractivity contribution >= 4 is 6.79 Å². The fourth-order valence-corrected chi connectivity index (χ4v) is 0. The predicted molar refractivity (Wildman–Crippen MR) is 10.7 cm³/mol. The molecule has 0 aliphatic heterocycles. The van der Waals surface area contributed by atoms with Crippen LogP contribution in [0.2, 0.25) is 0 Å². The summed E-state index contributed by atoms with van der Waals surface area (Å²) < 4.78 is 0. The molecule has 5 heavy (non-hydrogen) atoms. The van der Waals surface area contributed by atoms with Crippen LogP contribution in [0.15, 0.2) is 0 Å². The van der Waals surface area contributed by atoms with E-state index in [1.54, 1.807) is 0 Å². The standard InChI is InChI=1S/CH2O.Fe.Mo.H2O/c1-2;;;/h1H2;;;1H2. The fraction of sp³-hybridized carbons (Fsp3) is 0. The van der Waals surface area contributed by atoms with Crippen LogP contribution in [0, 0.1) is 0 Å². The second-order valence-electron chi connectivity index (χ2n) is 0. The van der Waals surface area contributed by atoms with E-state index in [4.69, 9.17) is 4.79 Å². The number of hydrogen-bond donors (Lipinski definition) is 0. The Morgan fingerprint density at radius 3 is 1.20 bits per heavy atom. The van der Waals surface area contributed by atoms with Crippen LogP contribution < -0.4 is 0 Å². The van der Waals surface area contributed by atoms with E-state index in [1.165, 1.54) is 0 Å². The molecule has 0 aliphatic carbocycles. The predicted octanol–water partition coefficient (Wildman–Crippen LogP) is -1.01. The maximum Gasteiger partial charge on any atom is 0.106 e. The molecule has 0 saturated heterocycles. The Morgan fingerprint density at radius 1 is 1.20 bits per heavy atom. The molecule has 0 spiro atoms. The smallest absolute Gasteiger partial charge is 0.106 e. The second kappa shape index (κ2) is 102. The second-order valence-corrected chi connectivity index (χ2v) is 0. The average Bonchev–Trinajstić information content (AvgIpc) is 1.00. The Hall–Kier alpha value is 0.838. The number of carbonyl (C=O) groups excluding carboxylic acids is 1. The summed E-state index contributed by atoms with van der Waals surface area (Å²) in [5, 5.41) is 0. The Bertz CT molecular complexity index is 9.61. The van der Waals surface area contributed by atoms with Gasteiger partial charge in [0, 0.05) is 38.1 Å². The van der Waals surface area contributed by atoms with Crippen molar-refractivity contribution in [3.8, 4) is 0 Å². The molecule has 0 radical (unpaired) electrons. The first-order valence-electron chi connectivity index (χ1n) is 0.289. The van der Waals surface area contributed by atoms with Gasteiger partial charge in [-0.2, -0.15) is 0 Å². The van der Waals surface area contributed by atoms with Gasteiger partial charge in [-0.15, -0.1) is 0 Å². The zero-order valence-electron chi connectivity index (χ0n) is 2.38. The number of carbonyl (C=O) groups is 1. The van der Waals surface area contributed by atoms with Crippen molar-refractivity contribution in [1.29, 1.82) is 0 Å². The zero-order valence-corrected chi connectivity index (χ0v) is 5.49. The average molecular weight is 200 g/mol. The van der Waals surface area contributed by atoms with Crippen LogP contribution in [0.25, 0.3) is 0 Å². The van der Waals surface area contributed by atoms with Gasteiger partial charge in [-0.25, -0.2) is 0 Å². The maximum absolute atomic E-state index is 8.00. The third-order valence-electron chi connectivity index (χ3n) is 0. The largest absolute Gasteiger partial charge is 0.412 e. The molecule has 0 unspecified atom stereocenters. The van der Waals surface area contributed by atoms with Gasteiger partial charge in [0.1, 0.15) is 6.79 Å². The molecule has 0 aromatic rings. The quantitative estimate of drug-likeness (QED) is 0.461. The fourth-order valence-electron chi connectivity index (χ4n) is 0. The van der Waals surface area contributed by atoms with Gasteiger partial charge in [0.05, 0.1) is 0 Å². The molecular formula is CH4FeMoO2. The van der Waals surface area contributed by atoms with Crippen molar-refractivity contribution in [2.45, 2.75) is 0 Å². The van der Waals surface area contributed by atoms with E-state index in [0.29, 0.717) is 0 Å². The molecule has 0 aliphatic rings. The van der Waals surface area contributed by atoms with E-state index in [2.05, 4.69) is 0 Å². The molecule has 0 saturated carbocycles. The van der Waals surface area contributed by atoms with Gasteiger partial charge in [0.2, 0.25) is 0 Å². The summed E-state index contributed by atoms with van der Waals surface area (Å²) in [6, 6.07) is 0. The summed E-state index contributed by atoms with van der Waals surface area (Å²) >= 11 is 0. The summed E-state index contributed by atoms with van der Waals surface area (Å²) in [5.74, 6) is 0. The molecule has 34 valence electrons. The molecule has 0 fully saturated rings. The molecule has 0 atom stereocenters. The van der Waals surface area contributed by atoms with Gasteiger partial charge in [-0.05, 0) is 0 Å². The van der Waals surface area contributed by atoms with Crippen LogP contribution in [-0.4, -0.2) is 12.3 Å². The van der Waals surface area contributed by atoms with Crippen LogP contribution in [0.4, 0.5) is 0 Å². The van der Waals surface area contributed by atoms with Crippen LogP contribution in [-0.2, 0) is 42.9 Å². The summed E-state index contributed by atoms with van der Waals surface area (Å²) in [6.07, 6.45) is 0. The minimum absolute atomic E-state index is 0. The first-order chi connectivity index (χ1) is 1.00. The molecule has 0 rings (SSSR count). The summed E-state index contributed by atoms with van der Waals surface area (Å²) in [4.78, 5) is 8.00. The third kappa shape index (κ3) is 55.5. The van der Waals surface area contributed by atoms with Gasteiger partial charge in [-0.3, -0.25) is 0 Å². The Balaban J connectivity index is -0.00000000167. The monoisotopic (exact) mass is 202 g/mol. The molecule has 0 heterocycles. The summed E-state index contributed by atoms with van der Waals surface area (Å²) in [6.45, 7) is 2.00. The van der Waals surface area contributed by atoms with E-state index in [1.807, 2.05) is 6.79 Å². The Labute approximate surface area is 55.4 Å². The Morgan fingerprint density at radius 2 is 1.20 bits per heavy atom. The third-order valence-corrected chi connectivity index (χ3v) is 0. The van der Waals surface area contributed by atoms with Crippen molar-refractivity contribution in [3.63, 3.8) is 0 Å². The molecule has 2 N–H and O–H groups in total. The molecule has 4 heteroatoms. The first kappa shape index (κ1) is 40.5. The van der Waals surface area contributed by atoms with Gasteiger partial charge < -0.3 is 10.3 Å². The van der Waals surface area contributed by atoms with Gasteiger partial charge >= 0.3 is 0 Å². The summed E-state index contributed by atoms with van der Waals surface area (Å²) in [7, 11) is 0. The van der Waals surface area contributed by atoms with Gasteiger partial charge in [0.25, 0.3) is 0 Å². The zero-order chi connectivity index (χ0) is 2.00. The maximum atomic E-state index is 8.00. The first-order valence-corrected chi connectivity index (χ1v) is 0.289. The van der Waals surface area contributed by atoms with Crippen LogP contribution in [0.1, 0.15) is 0 Å². The van der Waals surface area contributed by atoms with E-state index in [9.17, 15) is 0 Å². The number of hydrogen-bond acceptors (Lipinski definition) is 1. The molecule has 0 amide bonds. The minimum Gasteiger partial charge on any atom is -0.412 e. The van der Waals surface area contributed by atoms with Crippen molar-refractivity contribution < 1.29 is 48.4 Å². The van der Waals surface area contributed by atoms with Gasteiger partial charge in [-0.1, -0.05) is 0 Å². The van der Waals surface area contributed by atoms with E-state index < -0.39 is 0 Å². The molecule has 0 bridgehead atoms. The molecule has 2 nitrogen and oxygen atoms in total. The Kier molecular flexibility index (Phi) is 821. The normalized spacial score (nSPS) is 0.800. The molecule has 0 aromatic heterocycles. The number of rotatable bonds is 0. The van der Waals surface area contributed by atoms with Crippen molar-refractivity contribution in [1.82, 2.24) is 0 Å². The van der Waals surface area contributed by atoms with Crippen LogP contribution in [0.5, 0.6) is 0 Å². The topological polar surface area (TPSA) is 48.6 Å². The van der Waals surface area contributed by atoms with Crippen LogP contribution >= 0.6 is 0 Å². The van der Waals surface area contributed by atoms with E-state index >= 15 is 0 Å². The van der Waals surface area contributed by atoms with Crippen molar-refractivity contribution in [2.24, 2.45) is 0 Å². The molecule has 0 aromatic carbocycles. The van der Waals surface area contributed by atoms with E-state index in [-0.39, 0.29) is 43.6 Å². The summed E-state index contributed by atoms with van der Waals surface area (Å²) in [5.41, 5.74) is 0. The van der Waals surface area contributed by atoms with Crippen LogP contribution in [0.3, 0.4) is 0 Å². The van der Waals surface area contributed by atoms with Crippen molar-refractivity contribution in [3.05, 3.63) is 0 Å². The van der Waals surface area contributed by atoms with Gasteiger partial charge in [0.15, 0.2) is 0 Å². The van der Waals surface area contributed by atoms with Crippen molar-refractivity contribution in [2.75, 3.05) is 0 Å². The van der Waals surface area contributed by atoms with E-state index in [0.717, 1.165) is 0 Å². The molecular weight excluding hydrogens is 196 g/mol. The minimum atomic E-state index is 0.